The van der Waals surface area contributed by atoms with E-state index in [0.29, 0.717) is 5.96 Å². The number of hydrogen-bond acceptors (Lipinski definition) is 6. The van der Waals surface area contributed by atoms with Crippen LogP contribution in [0.1, 0.15) is 43.2 Å². The predicted octanol–water partition coefficient (Wildman–Crippen LogP) is 1.60. The number of nitrogens with zero attached hydrogens (tertiary/aromatic N) is 3. The molecule has 1 fully saturated rings. The highest BCUT2D eigenvalue weighted by atomic mass is 16.3. The Morgan fingerprint density at radius 2 is 1.95 bits per heavy atom. The largest absolute Gasteiger partial charge is 0.392 e. The van der Waals surface area contributed by atoms with Gasteiger partial charge >= 0.3 is 0 Å². The molecule has 0 aromatic heterocycles. The van der Waals surface area contributed by atoms with Crippen LogP contribution >= 0.6 is 0 Å². The minimum absolute atomic E-state index is 0.00340. The van der Waals surface area contributed by atoms with Crippen LogP contribution in [0.4, 0.5) is 5.69 Å². The van der Waals surface area contributed by atoms with Gasteiger partial charge in [-0.05, 0) is 49.8 Å². The summed E-state index contributed by atoms with van der Waals surface area (Å²) in [5.74, 6) is 0.638. The summed E-state index contributed by atoms with van der Waals surface area (Å²) in [6.07, 6.45) is 5.22. The lowest BCUT2D eigenvalue weighted by Crippen LogP contribution is -2.58. The molecule has 1 aromatic rings. The summed E-state index contributed by atoms with van der Waals surface area (Å²) >= 11 is 0. The fraction of sp³-hybridized carbons (Fsp3) is 0.500. The Morgan fingerprint density at radius 3 is 2.64 bits per heavy atom. The maximum Gasteiger partial charge on any atom is 0.220 e. The monoisotopic (exact) mass is 301 g/mol. The molecule has 1 aliphatic heterocycles. The van der Waals surface area contributed by atoms with E-state index in [0.717, 1.165) is 42.5 Å². The summed E-state index contributed by atoms with van der Waals surface area (Å²) < 4.78 is 0. The number of aliphatic hydroxyl groups excluding tert-OH is 1. The molecule has 0 atom stereocenters. The van der Waals surface area contributed by atoms with Crippen molar-refractivity contribution in [1.29, 1.82) is 0 Å². The van der Waals surface area contributed by atoms with Gasteiger partial charge in [0, 0.05) is 5.69 Å². The Kier molecular flexibility index (Phi) is 3.78. The van der Waals surface area contributed by atoms with Crippen LogP contribution in [0, 0.1) is 6.92 Å². The number of rotatable bonds is 2. The average molecular weight is 301 g/mol. The summed E-state index contributed by atoms with van der Waals surface area (Å²) in [6.45, 7) is 2.03. The van der Waals surface area contributed by atoms with Gasteiger partial charge in [-0.2, -0.15) is 4.99 Å². The molecule has 1 spiro atoms. The first-order valence-electron chi connectivity index (χ1n) is 7.76. The summed E-state index contributed by atoms with van der Waals surface area (Å²) in [5, 5.41) is 9.43. The molecule has 5 N–H and O–H groups in total. The maximum absolute atomic E-state index is 9.43. The van der Waals surface area contributed by atoms with Crippen LogP contribution in [-0.4, -0.2) is 22.7 Å². The second-order valence-corrected chi connectivity index (χ2v) is 6.10. The third-order valence-electron chi connectivity index (χ3n) is 4.55. The van der Waals surface area contributed by atoms with Crippen LogP contribution in [0.3, 0.4) is 0 Å². The molecule has 6 nitrogen and oxygen atoms in total. The smallest absolute Gasteiger partial charge is 0.220 e. The molecule has 0 bridgehead atoms. The Labute approximate surface area is 130 Å². The minimum atomic E-state index is -0.437. The second kappa shape index (κ2) is 5.61. The highest BCUT2D eigenvalue weighted by molar-refractivity contribution is 6.06. The van der Waals surface area contributed by atoms with Crippen LogP contribution in [0.15, 0.2) is 28.2 Å². The van der Waals surface area contributed by atoms with Gasteiger partial charge in [-0.25, -0.2) is 4.99 Å². The number of benzene rings is 1. The molecular formula is C16H23N5O. The van der Waals surface area contributed by atoms with Gasteiger partial charge in [0.25, 0.3) is 0 Å². The summed E-state index contributed by atoms with van der Waals surface area (Å²) in [5.41, 5.74) is 14.5. The number of aliphatic imine (C=N–C) groups is 2. The Bertz CT molecular complexity index is 631. The highest BCUT2D eigenvalue weighted by Gasteiger charge is 2.43. The zero-order valence-corrected chi connectivity index (χ0v) is 12.9. The zero-order chi connectivity index (χ0) is 15.7. The summed E-state index contributed by atoms with van der Waals surface area (Å²) in [4.78, 5) is 10.9. The van der Waals surface area contributed by atoms with Gasteiger partial charge in [-0.1, -0.05) is 18.6 Å². The van der Waals surface area contributed by atoms with E-state index in [1.807, 2.05) is 30.0 Å². The van der Waals surface area contributed by atoms with Crippen molar-refractivity contribution in [3.8, 4) is 0 Å². The molecular weight excluding hydrogens is 278 g/mol. The number of anilines is 1. The summed E-state index contributed by atoms with van der Waals surface area (Å²) in [7, 11) is 0. The molecule has 118 valence electrons. The van der Waals surface area contributed by atoms with Gasteiger partial charge in [-0.15, -0.1) is 0 Å². The molecule has 2 aliphatic rings. The summed E-state index contributed by atoms with van der Waals surface area (Å²) in [6, 6.07) is 5.87. The Hall–Kier alpha value is -2.08. The first-order chi connectivity index (χ1) is 10.6. The van der Waals surface area contributed by atoms with E-state index in [1.54, 1.807) is 0 Å². The van der Waals surface area contributed by atoms with Crippen molar-refractivity contribution in [2.45, 2.75) is 51.3 Å². The molecule has 6 heteroatoms. The molecule has 0 saturated heterocycles. The topological polar surface area (TPSA) is 100 Å². The fourth-order valence-electron chi connectivity index (χ4n) is 3.46. The van der Waals surface area contributed by atoms with Crippen molar-refractivity contribution in [3.63, 3.8) is 0 Å². The molecule has 1 aliphatic carbocycles. The molecule has 1 aromatic carbocycles. The van der Waals surface area contributed by atoms with Crippen LogP contribution in [-0.2, 0) is 6.61 Å². The van der Waals surface area contributed by atoms with Gasteiger partial charge < -0.3 is 16.6 Å². The van der Waals surface area contributed by atoms with Crippen LogP contribution in [0.25, 0.3) is 0 Å². The second-order valence-electron chi connectivity index (χ2n) is 6.10. The minimum Gasteiger partial charge on any atom is -0.392 e. The number of hydrogen-bond donors (Lipinski definition) is 3. The van der Waals surface area contributed by atoms with Gasteiger partial charge in [0.2, 0.25) is 11.9 Å². The number of aryl methyl sites for hydroxylation is 1. The first-order valence-corrected chi connectivity index (χ1v) is 7.76. The van der Waals surface area contributed by atoms with E-state index in [-0.39, 0.29) is 12.6 Å². The first kappa shape index (κ1) is 14.8. The van der Waals surface area contributed by atoms with Gasteiger partial charge in [0.1, 0.15) is 5.66 Å². The molecule has 0 unspecified atom stereocenters. The third-order valence-corrected chi connectivity index (χ3v) is 4.55. The van der Waals surface area contributed by atoms with Crippen LogP contribution in [0.2, 0.25) is 0 Å². The number of nitrogens with two attached hydrogens (primary N) is 2. The average Bonchev–Trinajstić information content (AvgIpc) is 2.49. The maximum atomic E-state index is 9.43. The van der Waals surface area contributed by atoms with E-state index in [2.05, 4.69) is 9.98 Å². The van der Waals surface area contributed by atoms with Crippen LogP contribution < -0.4 is 16.4 Å². The fourth-order valence-corrected chi connectivity index (χ4v) is 3.46. The van der Waals surface area contributed by atoms with Gasteiger partial charge in [0.15, 0.2) is 0 Å². The molecule has 22 heavy (non-hydrogen) atoms. The van der Waals surface area contributed by atoms with E-state index >= 15 is 0 Å². The SMILES string of the molecule is Cc1ccc(CO)cc1N1C(N)=NC(N)=NC12CCCCC2. The molecule has 1 heterocycles. The lowest BCUT2D eigenvalue weighted by Gasteiger charge is -2.46. The molecule has 1 saturated carbocycles. The van der Waals surface area contributed by atoms with Crippen molar-refractivity contribution in [3.05, 3.63) is 29.3 Å². The van der Waals surface area contributed by atoms with Crippen molar-refractivity contribution < 1.29 is 5.11 Å². The van der Waals surface area contributed by atoms with Crippen molar-refractivity contribution >= 4 is 17.6 Å². The van der Waals surface area contributed by atoms with Crippen molar-refractivity contribution in [1.82, 2.24) is 0 Å². The third kappa shape index (κ3) is 2.43. The van der Waals surface area contributed by atoms with Crippen molar-refractivity contribution in [2.24, 2.45) is 21.5 Å². The van der Waals surface area contributed by atoms with Gasteiger partial charge in [-0.3, -0.25) is 4.90 Å². The quantitative estimate of drug-likeness (QED) is 0.772. The highest BCUT2D eigenvalue weighted by Crippen LogP contribution is 2.40. The van der Waals surface area contributed by atoms with E-state index in [4.69, 9.17) is 11.5 Å². The Balaban J connectivity index is 2.12. The Morgan fingerprint density at radius 1 is 1.23 bits per heavy atom. The lowest BCUT2D eigenvalue weighted by molar-refractivity contribution is 0.281. The standard InChI is InChI=1S/C16H23N5O/c1-11-5-6-12(10-22)9-13(11)21-15(18)19-14(17)20-16(21)7-3-2-4-8-16/h5-6,9,22H,2-4,7-8,10H2,1H3,(H4,17,18,19,20). The van der Waals surface area contributed by atoms with Crippen molar-refractivity contribution in [2.75, 3.05) is 4.90 Å². The lowest BCUT2D eigenvalue weighted by atomic mass is 9.87. The predicted molar refractivity (Wildman–Crippen MR) is 88.6 cm³/mol. The molecule has 0 amide bonds. The van der Waals surface area contributed by atoms with E-state index < -0.39 is 5.66 Å². The van der Waals surface area contributed by atoms with E-state index in [9.17, 15) is 5.11 Å². The number of aliphatic hydroxyl groups is 1. The normalized spacial score (nSPS) is 20.7. The zero-order valence-electron chi connectivity index (χ0n) is 12.9. The molecule has 3 rings (SSSR count). The van der Waals surface area contributed by atoms with Crippen LogP contribution in [0.5, 0.6) is 0 Å². The number of guanidine groups is 2. The van der Waals surface area contributed by atoms with Gasteiger partial charge in [0.05, 0.1) is 6.61 Å². The van der Waals surface area contributed by atoms with E-state index in [1.165, 1.54) is 6.42 Å². The molecule has 0 radical (unpaired) electrons.